The molecule has 2 unspecified atom stereocenters. The molecule has 0 saturated carbocycles. The molecule has 18 heavy (non-hydrogen) atoms. The van der Waals surface area contributed by atoms with Crippen LogP contribution in [0, 0.1) is 13.8 Å². The maximum absolute atomic E-state index is 5.94. The quantitative estimate of drug-likeness (QED) is 0.818. The minimum Gasteiger partial charge on any atom is -0.491 e. The van der Waals surface area contributed by atoms with E-state index in [4.69, 9.17) is 4.74 Å². The fourth-order valence-corrected chi connectivity index (χ4v) is 2.66. The minimum atomic E-state index is 0.367. The third kappa shape index (κ3) is 4.91. The number of aryl methyl sites for hydroxylation is 2. The summed E-state index contributed by atoms with van der Waals surface area (Å²) in [5.74, 6) is 2.16. The number of hydrogen-bond donors (Lipinski definition) is 1. The molecule has 0 amide bonds. The first-order valence-electron chi connectivity index (χ1n) is 6.48. The van der Waals surface area contributed by atoms with Crippen LogP contribution in [0.25, 0.3) is 0 Å². The molecule has 2 nitrogen and oxygen atoms in total. The Hall–Kier alpha value is -0.670. The number of rotatable bonds is 7. The number of para-hydroxylation sites is 1. The van der Waals surface area contributed by atoms with Crippen LogP contribution < -0.4 is 10.1 Å². The lowest BCUT2D eigenvalue weighted by Crippen LogP contribution is -2.39. The van der Waals surface area contributed by atoms with Crippen molar-refractivity contribution >= 4 is 11.8 Å². The van der Waals surface area contributed by atoms with Gasteiger partial charge in [0.25, 0.3) is 0 Å². The SMILES string of the molecule is CSCC(C)NC(C)COc1c(C)cccc1C. The number of nitrogens with one attached hydrogen (secondary N) is 1. The molecular weight excluding hydrogens is 242 g/mol. The van der Waals surface area contributed by atoms with Crippen molar-refractivity contribution in [1.82, 2.24) is 5.32 Å². The van der Waals surface area contributed by atoms with Crippen molar-refractivity contribution in [3.8, 4) is 5.75 Å². The van der Waals surface area contributed by atoms with Gasteiger partial charge >= 0.3 is 0 Å². The lowest BCUT2D eigenvalue weighted by atomic mass is 10.1. The summed E-state index contributed by atoms with van der Waals surface area (Å²) >= 11 is 1.87. The third-order valence-electron chi connectivity index (χ3n) is 2.87. The molecule has 0 aliphatic carbocycles. The Kier molecular flexibility index (Phi) is 6.58. The van der Waals surface area contributed by atoms with Crippen LogP contribution in [-0.2, 0) is 0 Å². The van der Waals surface area contributed by atoms with Crippen LogP contribution in [0.15, 0.2) is 18.2 Å². The van der Waals surface area contributed by atoms with E-state index in [-0.39, 0.29) is 0 Å². The van der Waals surface area contributed by atoms with Crippen molar-refractivity contribution in [2.75, 3.05) is 18.6 Å². The largest absolute Gasteiger partial charge is 0.491 e. The summed E-state index contributed by atoms with van der Waals surface area (Å²) in [6.45, 7) is 9.29. The predicted molar refractivity (Wildman–Crippen MR) is 81.9 cm³/mol. The first-order chi connectivity index (χ1) is 8.54. The van der Waals surface area contributed by atoms with Gasteiger partial charge in [0, 0.05) is 17.8 Å². The van der Waals surface area contributed by atoms with E-state index in [1.807, 2.05) is 11.8 Å². The van der Waals surface area contributed by atoms with Crippen LogP contribution in [-0.4, -0.2) is 30.7 Å². The van der Waals surface area contributed by atoms with Gasteiger partial charge in [-0.2, -0.15) is 11.8 Å². The Bertz CT molecular complexity index is 347. The van der Waals surface area contributed by atoms with Gasteiger partial charge in [-0.05, 0) is 45.1 Å². The van der Waals surface area contributed by atoms with E-state index in [0.717, 1.165) is 11.5 Å². The molecule has 0 spiro atoms. The molecule has 3 heteroatoms. The van der Waals surface area contributed by atoms with Gasteiger partial charge in [-0.15, -0.1) is 0 Å². The first-order valence-corrected chi connectivity index (χ1v) is 7.88. The zero-order valence-electron chi connectivity index (χ0n) is 12.1. The van der Waals surface area contributed by atoms with Gasteiger partial charge in [-0.25, -0.2) is 0 Å². The topological polar surface area (TPSA) is 21.3 Å². The van der Waals surface area contributed by atoms with Crippen LogP contribution in [0.4, 0.5) is 0 Å². The summed E-state index contributed by atoms with van der Waals surface area (Å²) in [5, 5.41) is 3.54. The highest BCUT2D eigenvalue weighted by atomic mass is 32.2. The van der Waals surface area contributed by atoms with Crippen LogP contribution >= 0.6 is 11.8 Å². The molecule has 0 aromatic heterocycles. The van der Waals surface area contributed by atoms with Crippen LogP contribution in [0.2, 0.25) is 0 Å². The third-order valence-corrected chi connectivity index (χ3v) is 3.71. The van der Waals surface area contributed by atoms with E-state index in [2.05, 4.69) is 57.5 Å². The Balaban J connectivity index is 2.45. The maximum atomic E-state index is 5.94. The zero-order valence-corrected chi connectivity index (χ0v) is 12.9. The highest BCUT2D eigenvalue weighted by Gasteiger charge is 2.09. The van der Waals surface area contributed by atoms with E-state index >= 15 is 0 Å². The standard InChI is InChI=1S/C15H25NOS/c1-11-7-6-8-12(2)15(11)17-9-13(3)16-14(4)10-18-5/h6-8,13-14,16H,9-10H2,1-5H3. The van der Waals surface area contributed by atoms with E-state index in [1.54, 1.807) is 0 Å². The molecule has 0 aliphatic rings. The van der Waals surface area contributed by atoms with Gasteiger partial charge in [-0.1, -0.05) is 18.2 Å². The average Bonchev–Trinajstić information content (AvgIpc) is 2.28. The Morgan fingerprint density at radius 3 is 2.33 bits per heavy atom. The van der Waals surface area contributed by atoms with E-state index in [1.165, 1.54) is 11.1 Å². The summed E-state index contributed by atoms with van der Waals surface area (Å²) in [6.07, 6.45) is 2.13. The Labute approximate surface area is 116 Å². The van der Waals surface area contributed by atoms with Crippen molar-refractivity contribution in [2.24, 2.45) is 0 Å². The van der Waals surface area contributed by atoms with Gasteiger partial charge in [0.05, 0.1) is 0 Å². The second-order valence-corrected chi connectivity index (χ2v) is 5.87. The van der Waals surface area contributed by atoms with Gasteiger partial charge in [0.15, 0.2) is 0 Å². The molecule has 0 saturated heterocycles. The van der Waals surface area contributed by atoms with Crippen LogP contribution in [0.3, 0.4) is 0 Å². The summed E-state index contributed by atoms with van der Waals surface area (Å²) in [4.78, 5) is 0. The highest BCUT2D eigenvalue weighted by Crippen LogP contribution is 2.22. The number of ether oxygens (including phenoxy) is 1. The Morgan fingerprint density at radius 1 is 1.17 bits per heavy atom. The van der Waals surface area contributed by atoms with Crippen molar-refractivity contribution in [3.63, 3.8) is 0 Å². The summed E-state index contributed by atoms with van der Waals surface area (Å²) in [5.41, 5.74) is 2.42. The molecule has 0 radical (unpaired) electrons. The summed E-state index contributed by atoms with van der Waals surface area (Å²) in [7, 11) is 0. The number of thioether (sulfide) groups is 1. The monoisotopic (exact) mass is 267 g/mol. The molecule has 2 atom stereocenters. The average molecular weight is 267 g/mol. The fraction of sp³-hybridized carbons (Fsp3) is 0.600. The van der Waals surface area contributed by atoms with Crippen LogP contribution in [0.5, 0.6) is 5.75 Å². The molecule has 1 aromatic rings. The fourth-order valence-electron chi connectivity index (χ4n) is 2.07. The molecule has 102 valence electrons. The first kappa shape index (κ1) is 15.4. The van der Waals surface area contributed by atoms with Crippen molar-refractivity contribution < 1.29 is 4.74 Å². The number of hydrogen-bond acceptors (Lipinski definition) is 3. The van der Waals surface area contributed by atoms with E-state index in [9.17, 15) is 0 Å². The van der Waals surface area contributed by atoms with E-state index < -0.39 is 0 Å². The van der Waals surface area contributed by atoms with Crippen molar-refractivity contribution in [2.45, 2.75) is 39.8 Å². The molecule has 0 bridgehead atoms. The molecule has 0 aliphatic heterocycles. The highest BCUT2D eigenvalue weighted by molar-refractivity contribution is 7.98. The lowest BCUT2D eigenvalue weighted by Gasteiger charge is -2.21. The summed E-state index contributed by atoms with van der Waals surface area (Å²) < 4.78 is 5.94. The number of benzene rings is 1. The van der Waals surface area contributed by atoms with Gasteiger partial charge in [0.1, 0.15) is 12.4 Å². The summed E-state index contributed by atoms with van der Waals surface area (Å²) in [6, 6.07) is 7.15. The van der Waals surface area contributed by atoms with Gasteiger partial charge < -0.3 is 10.1 Å². The lowest BCUT2D eigenvalue weighted by molar-refractivity contribution is 0.263. The molecule has 0 heterocycles. The molecule has 1 aromatic carbocycles. The van der Waals surface area contributed by atoms with Crippen molar-refractivity contribution in [1.29, 1.82) is 0 Å². The van der Waals surface area contributed by atoms with E-state index in [0.29, 0.717) is 18.7 Å². The normalized spacial score (nSPS) is 14.3. The second kappa shape index (κ2) is 7.70. The Morgan fingerprint density at radius 2 is 1.78 bits per heavy atom. The predicted octanol–water partition coefficient (Wildman–Crippen LogP) is 3.41. The van der Waals surface area contributed by atoms with Crippen LogP contribution in [0.1, 0.15) is 25.0 Å². The maximum Gasteiger partial charge on any atom is 0.125 e. The van der Waals surface area contributed by atoms with Gasteiger partial charge in [0.2, 0.25) is 0 Å². The van der Waals surface area contributed by atoms with Gasteiger partial charge in [-0.3, -0.25) is 0 Å². The molecular formula is C15H25NOS. The smallest absolute Gasteiger partial charge is 0.125 e. The van der Waals surface area contributed by atoms with Crippen molar-refractivity contribution in [3.05, 3.63) is 29.3 Å². The zero-order chi connectivity index (χ0) is 13.5. The molecule has 1 N–H and O–H groups in total. The second-order valence-electron chi connectivity index (χ2n) is 4.96. The minimum absolute atomic E-state index is 0.367. The molecule has 1 rings (SSSR count). The molecule has 0 fully saturated rings.